The summed E-state index contributed by atoms with van der Waals surface area (Å²) < 4.78 is 27.3. The highest BCUT2D eigenvalue weighted by Crippen LogP contribution is 2.26. The third-order valence-corrected chi connectivity index (χ3v) is 6.08. The summed E-state index contributed by atoms with van der Waals surface area (Å²) in [7, 11) is -1.81. The third kappa shape index (κ3) is 5.36. The van der Waals surface area contributed by atoms with E-state index in [4.69, 9.17) is 0 Å². The van der Waals surface area contributed by atoms with Gasteiger partial charge in [0, 0.05) is 30.7 Å². The summed E-state index contributed by atoms with van der Waals surface area (Å²) in [6.07, 6.45) is 1.83. The molecule has 0 aliphatic rings. The molecule has 1 rings (SSSR count). The first-order chi connectivity index (χ1) is 9.78. The van der Waals surface area contributed by atoms with E-state index in [1.165, 1.54) is 4.31 Å². The van der Waals surface area contributed by atoms with Crippen molar-refractivity contribution in [3.05, 3.63) is 28.2 Å². The summed E-state index contributed by atoms with van der Waals surface area (Å²) in [5.74, 6) is 0. The highest BCUT2D eigenvalue weighted by Gasteiger charge is 2.23. The van der Waals surface area contributed by atoms with E-state index in [0.717, 1.165) is 18.4 Å². The van der Waals surface area contributed by atoms with Crippen LogP contribution in [-0.4, -0.2) is 32.4 Å². The SMILES string of the molecule is CCCCN(C)S(=O)(=O)c1cc(CNC(C)C)ccc1Br. The van der Waals surface area contributed by atoms with Gasteiger partial charge in [0.15, 0.2) is 0 Å². The molecule has 0 aliphatic heterocycles. The van der Waals surface area contributed by atoms with Crippen molar-refractivity contribution in [3.8, 4) is 0 Å². The zero-order valence-electron chi connectivity index (χ0n) is 13.2. The number of hydrogen-bond donors (Lipinski definition) is 1. The maximum absolute atomic E-state index is 12.6. The largest absolute Gasteiger partial charge is 0.310 e. The molecule has 0 radical (unpaired) electrons. The Morgan fingerprint density at radius 3 is 2.57 bits per heavy atom. The first kappa shape index (κ1) is 18.6. The van der Waals surface area contributed by atoms with Crippen LogP contribution in [0.1, 0.15) is 39.2 Å². The summed E-state index contributed by atoms with van der Waals surface area (Å²) in [5, 5.41) is 3.30. The summed E-state index contributed by atoms with van der Waals surface area (Å²) in [6.45, 7) is 7.38. The normalized spacial score (nSPS) is 12.3. The Balaban J connectivity index is 3.02. The average Bonchev–Trinajstić information content (AvgIpc) is 2.43. The fourth-order valence-electron chi connectivity index (χ4n) is 1.85. The quantitative estimate of drug-likeness (QED) is 0.756. The lowest BCUT2D eigenvalue weighted by Crippen LogP contribution is -2.28. The van der Waals surface area contributed by atoms with Gasteiger partial charge in [-0.3, -0.25) is 0 Å². The number of hydrogen-bond acceptors (Lipinski definition) is 3. The van der Waals surface area contributed by atoms with Crippen molar-refractivity contribution >= 4 is 26.0 Å². The lowest BCUT2D eigenvalue weighted by molar-refractivity contribution is 0.459. The molecule has 1 aromatic rings. The number of rotatable bonds is 8. The zero-order valence-corrected chi connectivity index (χ0v) is 15.6. The Morgan fingerprint density at radius 2 is 2.00 bits per heavy atom. The summed E-state index contributed by atoms with van der Waals surface area (Å²) in [4.78, 5) is 0.337. The highest BCUT2D eigenvalue weighted by molar-refractivity contribution is 9.10. The zero-order chi connectivity index (χ0) is 16.0. The molecule has 0 aliphatic carbocycles. The number of nitrogens with zero attached hydrogens (tertiary/aromatic N) is 1. The fourth-order valence-corrected chi connectivity index (χ4v) is 4.03. The molecule has 0 heterocycles. The molecule has 0 aromatic heterocycles. The van der Waals surface area contributed by atoms with E-state index in [1.54, 1.807) is 19.2 Å². The van der Waals surface area contributed by atoms with Gasteiger partial charge < -0.3 is 5.32 Å². The van der Waals surface area contributed by atoms with Crippen molar-refractivity contribution in [1.29, 1.82) is 0 Å². The number of sulfonamides is 1. The molecular weight excluding hydrogens is 352 g/mol. The monoisotopic (exact) mass is 376 g/mol. The van der Waals surface area contributed by atoms with Gasteiger partial charge in [-0.05, 0) is 40.0 Å². The van der Waals surface area contributed by atoms with E-state index in [-0.39, 0.29) is 0 Å². The average molecular weight is 377 g/mol. The molecule has 1 aromatic carbocycles. The van der Waals surface area contributed by atoms with Crippen molar-refractivity contribution < 1.29 is 8.42 Å². The van der Waals surface area contributed by atoms with Crippen LogP contribution in [0.5, 0.6) is 0 Å². The minimum absolute atomic E-state index is 0.337. The molecule has 0 unspecified atom stereocenters. The van der Waals surface area contributed by atoms with Crippen LogP contribution >= 0.6 is 15.9 Å². The van der Waals surface area contributed by atoms with Crippen molar-refractivity contribution in [1.82, 2.24) is 9.62 Å². The fraction of sp³-hybridized carbons (Fsp3) is 0.600. The lowest BCUT2D eigenvalue weighted by atomic mass is 10.2. The molecule has 0 fully saturated rings. The number of unbranched alkanes of at least 4 members (excludes halogenated alkanes) is 1. The lowest BCUT2D eigenvalue weighted by Gasteiger charge is -2.18. The predicted molar refractivity (Wildman–Crippen MR) is 90.8 cm³/mol. The third-order valence-electron chi connectivity index (χ3n) is 3.22. The summed E-state index contributed by atoms with van der Waals surface area (Å²) in [6, 6.07) is 5.85. The molecule has 1 N–H and O–H groups in total. The van der Waals surface area contributed by atoms with Gasteiger partial charge in [-0.1, -0.05) is 33.3 Å². The minimum atomic E-state index is -3.44. The van der Waals surface area contributed by atoms with Crippen molar-refractivity contribution in [2.75, 3.05) is 13.6 Å². The standard InChI is InChI=1S/C15H25BrN2O2S/c1-5-6-9-18(4)21(19,20)15-10-13(7-8-14(15)16)11-17-12(2)3/h7-8,10,12,17H,5-6,9,11H2,1-4H3. The van der Waals surface area contributed by atoms with Crippen LogP contribution in [0.15, 0.2) is 27.6 Å². The first-order valence-corrected chi connectivity index (χ1v) is 9.50. The van der Waals surface area contributed by atoms with Gasteiger partial charge in [-0.2, -0.15) is 0 Å². The van der Waals surface area contributed by atoms with Crippen LogP contribution in [0.3, 0.4) is 0 Å². The van der Waals surface area contributed by atoms with Crippen LogP contribution in [-0.2, 0) is 16.6 Å². The van der Waals surface area contributed by atoms with Gasteiger partial charge in [0.2, 0.25) is 10.0 Å². The molecule has 6 heteroatoms. The maximum Gasteiger partial charge on any atom is 0.243 e. The molecule has 0 atom stereocenters. The Bertz CT molecular complexity index is 559. The predicted octanol–water partition coefficient (Wildman–Crippen LogP) is 3.37. The number of nitrogens with one attached hydrogen (secondary N) is 1. The van der Waals surface area contributed by atoms with E-state index in [9.17, 15) is 8.42 Å². The van der Waals surface area contributed by atoms with Crippen molar-refractivity contribution in [2.45, 2.75) is 51.1 Å². The maximum atomic E-state index is 12.6. The summed E-state index contributed by atoms with van der Waals surface area (Å²) in [5.41, 5.74) is 0.967. The second-order valence-corrected chi connectivity index (χ2v) is 8.35. The molecule has 0 saturated carbocycles. The van der Waals surface area contributed by atoms with Crippen LogP contribution in [0.2, 0.25) is 0 Å². The smallest absolute Gasteiger partial charge is 0.243 e. The van der Waals surface area contributed by atoms with Crippen LogP contribution in [0.25, 0.3) is 0 Å². The second-order valence-electron chi connectivity index (χ2n) is 5.48. The Hall–Kier alpha value is -0.430. The van der Waals surface area contributed by atoms with Gasteiger partial charge >= 0.3 is 0 Å². The van der Waals surface area contributed by atoms with Crippen molar-refractivity contribution in [3.63, 3.8) is 0 Å². The van der Waals surface area contributed by atoms with Gasteiger partial charge in [0.25, 0.3) is 0 Å². The summed E-state index contributed by atoms with van der Waals surface area (Å²) >= 11 is 3.36. The van der Waals surface area contributed by atoms with Gasteiger partial charge in [-0.15, -0.1) is 0 Å². The topological polar surface area (TPSA) is 49.4 Å². The van der Waals surface area contributed by atoms with Crippen LogP contribution < -0.4 is 5.32 Å². The molecule has 0 spiro atoms. The van der Waals surface area contributed by atoms with E-state index in [1.807, 2.05) is 6.07 Å². The molecular formula is C15H25BrN2O2S. The van der Waals surface area contributed by atoms with Gasteiger partial charge in [-0.25, -0.2) is 12.7 Å². The number of benzene rings is 1. The second kappa shape index (κ2) is 8.27. The van der Waals surface area contributed by atoms with Crippen molar-refractivity contribution in [2.24, 2.45) is 0 Å². The number of halogens is 1. The van der Waals surface area contributed by atoms with E-state index < -0.39 is 10.0 Å². The molecule has 4 nitrogen and oxygen atoms in total. The van der Waals surface area contributed by atoms with E-state index >= 15 is 0 Å². The van der Waals surface area contributed by atoms with Crippen LogP contribution in [0.4, 0.5) is 0 Å². The van der Waals surface area contributed by atoms with Gasteiger partial charge in [0.05, 0.1) is 4.90 Å². The Kier molecular flexibility index (Phi) is 7.33. The van der Waals surface area contributed by atoms with E-state index in [0.29, 0.717) is 28.5 Å². The van der Waals surface area contributed by atoms with E-state index in [2.05, 4.69) is 42.0 Å². The molecule has 0 amide bonds. The highest BCUT2D eigenvalue weighted by atomic mass is 79.9. The Morgan fingerprint density at radius 1 is 1.33 bits per heavy atom. The molecule has 21 heavy (non-hydrogen) atoms. The molecule has 120 valence electrons. The van der Waals surface area contributed by atoms with Crippen LogP contribution in [0, 0.1) is 0 Å². The first-order valence-electron chi connectivity index (χ1n) is 7.27. The molecule has 0 saturated heterocycles. The molecule has 0 bridgehead atoms. The van der Waals surface area contributed by atoms with Gasteiger partial charge in [0.1, 0.15) is 0 Å². The Labute approximate surface area is 137 Å². The minimum Gasteiger partial charge on any atom is -0.310 e.